The number of thiophene rings is 1. The molecule has 7 heteroatoms. The first-order chi connectivity index (χ1) is 11.7. The summed E-state index contributed by atoms with van der Waals surface area (Å²) in [4.78, 5) is 22.5. The third-order valence-corrected chi connectivity index (χ3v) is 6.19. The summed E-state index contributed by atoms with van der Waals surface area (Å²) in [6.07, 6.45) is 4.10. The number of hydrogen-bond acceptors (Lipinski definition) is 5. The Kier molecular flexibility index (Phi) is 4.56. The van der Waals surface area contributed by atoms with Gasteiger partial charge in [-0.3, -0.25) is 9.78 Å². The van der Waals surface area contributed by atoms with Crippen molar-refractivity contribution < 1.29 is 9.53 Å². The molecular formula is C17H18BrN3O2S. The van der Waals surface area contributed by atoms with E-state index in [2.05, 4.69) is 37.3 Å². The third-order valence-electron chi connectivity index (χ3n) is 4.55. The maximum Gasteiger partial charge on any atom is 0.253 e. The molecule has 0 aliphatic carbocycles. The summed E-state index contributed by atoms with van der Waals surface area (Å²) in [5.41, 5.74) is 2.34. The molecule has 1 fully saturated rings. The topological polar surface area (TPSA) is 45.7 Å². The van der Waals surface area contributed by atoms with Crippen molar-refractivity contribution in [2.24, 2.45) is 0 Å². The summed E-state index contributed by atoms with van der Waals surface area (Å²) in [6, 6.07) is 4.09. The van der Waals surface area contributed by atoms with E-state index in [1.807, 2.05) is 11.0 Å². The van der Waals surface area contributed by atoms with Crippen LogP contribution in [0.5, 0.6) is 0 Å². The summed E-state index contributed by atoms with van der Waals surface area (Å²) in [5.74, 6) is 0.0988. The molecule has 1 atom stereocenters. The number of rotatable bonds is 2. The van der Waals surface area contributed by atoms with Crippen molar-refractivity contribution in [1.82, 2.24) is 9.88 Å². The number of nitrogens with zero attached hydrogens (tertiary/aromatic N) is 3. The van der Waals surface area contributed by atoms with Gasteiger partial charge in [-0.05, 0) is 45.4 Å². The Labute approximate surface area is 153 Å². The maximum absolute atomic E-state index is 12.9. The molecule has 126 valence electrons. The van der Waals surface area contributed by atoms with Crippen LogP contribution in [0.4, 0.5) is 5.69 Å². The van der Waals surface area contributed by atoms with Crippen molar-refractivity contribution in [3.05, 3.63) is 44.8 Å². The van der Waals surface area contributed by atoms with Crippen molar-refractivity contribution in [2.75, 3.05) is 31.1 Å². The van der Waals surface area contributed by atoms with Crippen LogP contribution >= 0.6 is 27.3 Å². The van der Waals surface area contributed by atoms with Crippen molar-refractivity contribution in [3.63, 3.8) is 0 Å². The molecule has 2 aliphatic rings. The fourth-order valence-electron chi connectivity index (χ4n) is 3.28. The fraction of sp³-hybridized carbons (Fsp3) is 0.412. The highest BCUT2D eigenvalue weighted by Crippen LogP contribution is 2.28. The number of anilines is 1. The summed E-state index contributed by atoms with van der Waals surface area (Å²) < 4.78 is 6.74. The fourth-order valence-corrected chi connectivity index (χ4v) is 4.67. The van der Waals surface area contributed by atoms with Gasteiger partial charge in [-0.15, -0.1) is 11.3 Å². The standard InChI is InChI=1S/C17H18BrN3O2S/c18-13-9-19-4-1-14(13)20-6-7-23-15(11-20)17(22)21-5-2-16-12(10-21)3-8-24-16/h1,3-4,8-9,15H,2,5-7,10-11H2. The number of carbonyl (C=O) groups is 1. The highest BCUT2D eigenvalue weighted by atomic mass is 79.9. The molecule has 4 rings (SSSR count). The van der Waals surface area contributed by atoms with Gasteiger partial charge in [0.15, 0.2) is 6.10 Å². The monoisotopic (exact) mass is 407 g/mol. The Morgan fingerprint density at radius 1 is 1.38 bits per heavy atom. The molecule has 0 N–H and O–H groups in total. The quantitative estimate of drug-likeness (QED) is 0.767. The zero-order chi connectivity index (χ0) is 16.5. The normalized spacial score (nSPS) is 20.8. The average molecular weight is 408 g/mol. The van der Waals surface area contributed by atoms with E-state index >= 15 is 0 Å². The van der Waals surface area contributed by atoms with E-state index in [0.717, 1.165) is 29.7 Å². The zero-order valence-corrected chi connectivity index (χ0v) is 15.6. The van der Waals surface area contributed by atoms with Gasteiger partial charge in [-0.1, -0.05) is 0 Å². The molecule has 24 heavy (non-hydrogen) atoms. The maximum atomic E-state index is 12.9. The first-order valence-electron chi connectivity index (χ1n) is 8.02. The second-order valence-corrected chi connectivity index (χ2v) is 7.87. The van der Waals surface area contributed by atoms with Crippen LogP contribution < -0.4 is 4.90 Å². The minimum atomic E-state index is -0.404. The van der Waals surface area contributed by atoms with Crippen LogP contribution in [0.3, 0.4) is 0 Å². The van der Waals surface area contributed by atoms with Gasteiger partial charge < -0.3 is 14.5 Å². The largest absolute Gasteiger partial charge is 0.365 e. The Morgan fingerprint density at radius 3 is 3.17 bits per heavy atom. The first-order valence-corrected chi connectivity index (χ1v) is 9.70. The molecular weight excluding hydrogens is 390 g/mol. The van der Waals surface area contributed by atoms with E-state index in [0.29, 0.717) is 19.7 Å². The molecule has 0 aromatic carbocycles. The summed E-state index contributed by atoms with van der Waals surface area (Å²) >= 11 is 5.33. The number of carbonyl (C=O) groups excluding carboxylic acids is 1. The number of hydrogen-bond donors (Lipinski definition) is 0. The van der Waals surface area contributed by atoms with E-state index in [1.165, 1.54) is 10.4 Å². The van der Waals surface area contributed by atoms with Crippen LogP contribution in [0.1, 0.15) is 10.4 Å². The predicted octanol–water partition coefficient (Wildman–Crippen LogP) is 2.70. The van der Waals surface area contributed by atoms with Gasteiger partial charge in [0, 0.05) is 36.9 Å². The highest BCUT2D eigenvalue weighted by molar-refractivity contribution is 9.10. The molecule has 0 bridgehead atoms. The van der Waals surface area contributed by atoms with Gasteiger partial charge in [0.1, 0.15) is 0 Å². The summed E-state index contributed by atoms with van der Waals surface area (Å²) in [5, 5.41) is 2.11. The average Bonchev–Trinajstić information content (AvgIpc) is 3.09. The Balaban J connectivity index is 1.46. The number of pyridine rings is 1. The Morgan fingerprint density at radius 2 is 2.29 bits per heavy atom. The SMILES string of the molecule is O=C(C1CN(c2ccncc2Br)CCO1)N1CCc2sccc2C1. The lowest BCUT2D eigenvalue weighted by Crippen LogP contribution is -2.52. The predicted molar refractivity (Wildman–Crippen MR) is 97.3 cm³/mol. The first kappa shape index (κ1) is 16.1. The van der Waals surface area contributed by atoms with Crippen LogP contribution in [-0.4, -0.2) is 48.1 Å². The van der Waals surface area contributed by atoms with E-state index in [-0.39, 0.29) is 5.91 Å². The van der Waals surface area contributed by atoms with Crippen molar-refractivity contribution >= 4 is 38.9 Å². The van der Waals surface area contributed by atoms with Crippen LogP contribution in [0.2, 0.25) is 0 Å². The smallest absolute Gasteiger partial charge is 0.253 e. The van der Waals surface area contributed by atoms with E-state index in [1.54, 1.807) is 23.7 Å². The van der Waals surface area contributed by atoms with Gasteiger partial charge >= 0.3 is 0 Å². The number of halogens is 1. The van der Waals surface area contributed by atoms with E-state index in [4.69, 9.17) is 4.74 Å². The number of ether oxygens (including phenoxy) is 1. The number of aromatic nitrogens is 1. The molecule has 1 unspecified atom stereocenters. The van der Waals surface area contributed by atoms with Crippen molar-refractivity contribution in [3.8, 4) is 0 Å². The van der Waals surface area contributed by atoms with Crippen LogP contribution in [0.25, 0.3) is 0 Å². The van der Waals surface area contributed by atoms with E-state index < -0.39 is 6.10 Å². The van der Waals surface area contributed by atoms with Crippen molar-refractivity contribution in [1.29, 1.82) is 0 Å². The minimum absolute atomic E-state index is 0.0988. The number of fused-ring (bicyclic) bond motifs is 1. The van der Waals surface area contributed by atoms with Gasteiger partial charge in [-0.25, -0.2) is 0 Å². The van der Waals surface area contributed by atoms with Crippen LogP contribution in [-0.2, 0) is 22.5 Å². The van der Waals surface area contributed by atoms with Gasteiger partial charge in [-0.2, -0.15) is 0 Å². The van der Waals surface area contributed by atoms with Gasteiger partial charge in [0.25, 0.3) is 5.91 Å². The molecule has 0 saturated carbocycles. The van der Waals surface area contributed by atoms with Crippen LogP contribution in [0.15, 0.2) is 34.4 Å². The second kappa shape index (κ2) is 6.82. The summed E-state index contributed by atoms with van der Waals surface area (Å²) in [7, 11) is 0. The van der Waals surface area contributed by atoms with E-state index in [9.17, 15) is 4.79 Å². The lowest BCUT2D eigenvalue weighted by molar-refractivity contribution is -0.145. The van der Waals surface area contributed by atoms with Crippen LogP contribution in [0, 0.1) is 0 Å². The number of morpholine rings is 1. The molecule has 0 spiro atoms. The minimum Gasteiger partial charge on any atom is -0.365 e. The van der Waals surface area contributed by atoms with Gasteiger partial charge in [0.2, 0.25) is 0 Å². The highest BCUT2D eigenvalue weighted by Gasteiger charge is 2.32. The van der Waals surface area contributed by atoms with Crippen molar-refractivity contribution in [2.45, 2.75) is 19.1 Å². The number of amides is 1. The zero-order valence-electron chi connectivity index (χ0n) is 13.2. The molecule has 1 amide bonds. The third kappa shape index (κ3) is 3.08. The molecule has 4 heterocycles. The molecule has 2 aliphatic heterocycles. The van der Waals surface area contributed by atoms with Gasteiger partial charge in [0.05, 0.1) is 23.3 Å². The Hall–Kier alpha value is -1.44. The summed E-state index contributed by atoms with van der Waals surface area (Å²) in [6.45, 7) is 3.40. The Bertz CT molecular complexity index is 751. The molecule has 2 aromatic heterocycles. The second-order valence-electron chi connectivity index (χ2n) is 6.01. The molecule has 0 radical (unpaired) electrons. The lowest BCUT2D eigenvalue weighted by Gasteiger charge is -2.37. The molecule has 2 aromatic rings. The molecule has 5 nitrogen and oxygen atoms in total. The molecule has 1 saturated heterocycles. The lowest BCUT2D eigenvalue weighted by atomic mass is 10.1.